The Balaban J connectivity index is 1.65. The molecule has 2 rings (SSSR count). The van der Waals surface area contributed by atoms with E-state index in [4.69, 9.17) is 18.9 Å². The molecule has 190 valence electrons. The number of hydrogen-bond donors (Lipinski definition) is 0. The summed E-state index contributed by atoms with van der Waals surface area (Å²) >= 11 is 0. The van der Waals surface area contributed by atoms with Crippen LogP contribution in [0.2, 0.25) is 0 Å². The lowest BCUT2D eigenvalue weighted by atomic mass is 10.1. The summed E-state index contributed by atoms with van der Waals surface area (Å²) in [7, 11) is 0. The summed E-state index contributed by atoms with van der Waals surface area (Å²) in [6, 6.07) is 13.9. The van der Waals surface area contributed by atoms with Crippen molar-refractivity contribution in [1.82, 2.24) is 0 Å². The van der Waals surface area contributed by atoms with Crippen LogP contribution < -0.4 is 14.2 Å². The Morgan fingerprint density at radius 2 is 1.17 bits per heavy atom. The third-order valence-corrected chi connectivity index (χ3v) is 5.28. The molecule has 0 aliphatic rings. The molecule has 0 unspecified atom stereocenters. The van der Waals surface area contributed by atoms with E-state index < -0.39 is 5.97 Å². The van der Waals surface area contributed by atoms with Crippen LogP contribution in [0.15, 0.2) is 60.7 Å². The Morgan fingerprint density at radius 3 is 1.77 bits per heavy atom. The van der Waals surface area contributed by atoms with Gasteiger partial charge in [-0.2, -0.15) is 0 Å². The maximum absolute atomic E-state index is 12.4. The molecule has 0 N–H and O–H groups in total. The molecule has 0 fully saturated rings. The van der Waals surface area contributed by atoms with E-state index in [-0.39, 0.29) is 5.97 Å². The van der Waals surface area contributed by atoms with Crippen molar-refractivity contribution in [2.75, 3.05) is 19.8 Å². The molecule has 0 amide bonds. The molecule has 0 aliphatic carbocycles. The van der Waals surface area contributed by atoms with Crippen LogP contribution in [0.1, 0.15) is 75.6 Å². The predicted molar refractivity (Wildman–Crippen MR) is 137 cm³/mol. The number of hydrogen-bond acceptors (Lipinski definition) is 6. The van der Waals surface area contributed by atoms with Crippen molar-refractivity contribution in [3.63, 3.8) is 0 Å². The first-order valence-corrected chi connectivity index (χ1v) is 12.5. The third-order valence-electron chi connectivity index (χ3n) is 5.28. The van der Waals surface area contributed by atoms with Crippen LogP contribution in [0.3, 0.4) is 0 Å². The first kappa shape index (κ1) is 28.0. The highest BCUT2D eigenvalue weighted by Gasteiger charge is 2.09. The Hall–Kier alpha value is -3.28. The van der Waals surface area contributed by atoms with Crippen molar-refractivity contribution in [2.24, 2.45) is 0 Å². The molecule has 6 heteroatoms. The summed E-state index contributed by atoms with van der Waals surface area (Å²) < 4.78 is 21.9. The molecule has 2 aromatic carbocycles. The predicted octanol–water partition coefficient (Wildman–Crippen LogP) is 6.92. The minimum Gasteiger partial charge on any atom is -0.494 e. The highest BCUT2D eigenvalue weighted by atomic mass is 16.5. The Kier molecular flexibility index (Phi) is 13.1. The molecule has 0 spiro atoms. The molecule has 0 radical (unpaired) electrons. The monoisotopic (exact) mass is 482 g/mol. The van der Waals surface area contributed by atoms with Crippen LogP contribution in [-0.4, -0.2) is 31.8 Å². The van der Waals surface area contributed by atoms with E-state index in [2.05, 4.69) is 13.5 Å². The number of carbonyl (C=O) groups is 2. The zero-order valence-corrected chi connectivity index (χ0v) is 21.1. The van der Waals surface area contributed by atoms with E-state index in [9.17, 15) is 9.59 Å². The van der Waals surface area contributed by atoms with Crippen LogP contribution in [0.4, 0.5) is 0 Å². The van der Waals surface area contributed by atoms with Gasteiger partial charge in [-0.15, -0.1) is 0 Å². The van der Waals surface area contributed by atoms with Gasteiger partial charge < -0.3 is 18.9 Å². The maximum atomic E-state index is 12.4. The number of unbranched alkanes of at least 4 members (excludes halogenated alkanes) is 6. The molecule has 0 aliphatic heterocycles. The summed E-state index contributed by atoms with van der Waals surface area (Å²) in [5, 5.41) is 0. The number of rotatable bonds is 17. The average Bonchev–Trinajstić information content (AvgIpc) is 2.86. The molecule has 6 nitrogen and oxygen atoms in total. The fourth-order valence-electron chi connectivity index (χ4n) is 3.21. The minimum absolute atomic E-state index is 0.343. The molecule has 0 saturated heterocycles. The molecule has 0 saturated carbocycles. The van der Waals surface area contributed by atoms with Crippen LogP contribution in [0.25, 0.3) is 0 Å². The lowest BCUT2D eigenvalue weighted by Gasteiger charge is -2.09. The number of esters is 2. The molecule has 0 heterocycles. The molecule has 35 heavy (non-hydrogen) atoms. The number of benzene rings is 2. The molecule has 0 bridgehead atoms. The third kappa shape index (κ3) is 11.6. The summed E-state index contributed by atoms with van der Waals surface area (Å²) in [5.41, 5.74) is 0.858. The molecule has 0 atom stereocenters. The summed E-state index contributed by atoms with van der Waals surface area (Å²) in [6.45, 7) is 8.91. The van der Waals surface area contributed by atoms with Crippen molar-refractivity contribution < 1.29 is 28.5 Å². The van der Waals surface area contributed by atoms with Crippen molar-refractivity contribution >= 4 is 11.9 Å². The van der Waals surface area contributed by atoms with Crippen molar-refractivity contribution in [3.8, 4) is 17.2 Å². The van der Waals surface area contributed by atoms with Crippen molar-refractivity contribution in [1.29, 1.82) is 0 Å². The smallest absolute Gasteiger partial charge is 0.343 e. The van der Waals surface area contributed by atoms with Crippen LogP contribution in [-0.2, 0) is 9.53 Å². The van der Waals surface area contributed by atoms with Gasteiger partial charge in [-0.3, -0.25) is 0 Å². The fourth-order valence-corrected chi connectivity index (χ4v) is 3.21. The maximum Gasteiger partial charge on any atom is 0.343 e. The zero-order valence-electron chi connectivity index (χ0n) is 21.1. The van der Waals surface area contributed by atoms with Gasteiger partial charge in [-0.05, 0) is 74.7 Å². The SMILES string of the molecule is C=C(C)C(=O)OCCCCOc1ccc(OC(=O)c2ccc(OCCCCCCCC)cc2)cc1. The largest absolute Gasteiger partial charge is 0.494 e. The first-order valence-electron chi connectivity index (χ1n) is 12.5. The highest BCUT2D eigenvalue weighted by molar-refractivity contribution is 5.91. The Morgan fingerprint density at radius 1 is 0.686 bits per heavy atom. The van der Waals surface area contributed by atoms with E-state index in [0.29, 0.717) is 48.9 Å². The molecule has 0 aromatic heterocycles. The summed E-state index contributed by atoms with van der Waals surface area (Å²) in [6.07, 6.45) is 8.78. The second kappa shape index (κ2) is 16.4. The normalized spacial score (nSPS) is 10.5. The van der Waals surface area contributed by atoms with E-state index >= 15 is 0 Å². The second-order valence-electron chi connectivity index (χ2n) is 8.47. The second-order valence-corrected chi connectivity index (χ2v) is 8.47. The van der Waals surface area contributed by atoms with Gasteiger partial charge in [0.2, 0.25) is 0 Å². The van der Waals surface area contributed by atoms with E-state index in [1.807, 2.05) is 0 Å². The minimum atomic E-state index is -0.426. The van der Waals surface area contributed by atoms with Gasteiger partial charge in [-0.25, -0.2) is 9.59 Å². The van der Waals surface area contributed by atoms with E-state index in [0.717, 1.165) is 18.6 Å². The van der Waals surface area contributed by atoms with Crippen LogP contribution in [0, 0.1) is 0 Å². The van der Waals surface area contributed by atoms with Crippen LogP contribution in [0.5, 0.6) is 17.2 Å². The zero-order chi connectivity index (χ0) is 25.3. The average molecular weight is 483 g/mol. The van der Waals surface area contributed by atoms with E-state index in [1.54, 1.807) is 55.5 Å². The Bertz CT molecular complexity index is 902. The van der Waals surface area contributed by atoms with Gasteiger partial charge in [0.15, 0.2) is 0 Å². The standard InChI is InChI=1S/C29H38O6/c1-4-5-6-7-8-9-20-32-25-14-12-24(13-15-25)29(31)35-27-18-16-26(17-19-27)33-21-10-11-22-34-28(30)23(2)3/h12-19H,2,4-11,20-22H2,1,3H3. The van der Waals surface area contributed by atoms with Gasteiger partial charge in [-0.1, -0.05) is 45.6 Å². The van der Waals surface area contributed by atoms with Crippen molar-refractivity contribution in [2.45, 2.75) is 65.2 Å². The Labute approximate surface area is 209 Å². The number of ether oxygens (including phenoxy) is 4. The summed E-state index contributed by atoms with van der Waals surface area (Å²) in [4.78, 5) is 23.7. The lowest BCUT2D eigenvalue weighted by Crippen LogP contribution is -2.08. The van der Waals surface area contributed by atoms with Crippen LogP contribution >= 0.6 is 0 Å². The molecular weight excluding hydrogens is 444 g/mol. The molecule has 2 aromatic rings. The van der Waals surface area contributed by atoms with Gasteiger partial charge >= 0.3 is 11.9 Å². The summed E-state index contributed by atoms with van der Waals surface area (Å²) in [5.74, 6) is 1.08. The van der Waals surface area contributed by atoms with Crippen molar-refractivity contribution in [3.05, 3.63) is 66.2 Å². The topological polar surface area (TPSA) is 71.1 Å². The lowest BCUT2D eigenvalue weighted by molar-refractivity contribution is -0.139. The van der Waals surface area contributed by atoms with Gasteiger partial charge in [0.05, 0.1) is 25.4 Å². The van der Waals surface area contributed by atoms with Gasteiger partial charge in [0, 0.05) is 5.57 Å². The number of carbonyl (C=O) groups excluding carboxylic acids is 2. The molecular formula is C29H38O6. The fraction of sp³-hybridized carbons (Fsp3) is 0.448. The quantitative estimate of drug-likeness (QED) is 0.105. The highest BCUT2D eigenvalue weighted by Crippen LogP contribution is 2.20. The van der Waals surface area contributed by atoms with Gasteiger partial charge in [0.25, 0.3) is 0 Å². The van der Waals surface area contributed by atoms with Gasteiger partial charge in [0.1, 0.15) is 17.2 Å². The van der Waals surface area contributed by atoms with E-state index in [1.165, 1.54) is 32.1 Å². The first-order chi connectivity index (χ1) is 17.0.